The van der Waals surface area contributed by atoms with E-state index >= 15 is 0 Å². The fourth-order valence-electron chi connectivity index (χ4n) is 2.44. The van der Waals surface area contributed by atoms with Gasteiger partial charge in [0.1, 0.15) is 0 Å². The zero-order valence-corrected chi connectivity index (χ0v) is 11.7. The summed E-state index contributed by atoms with van der Waals surface area (Å²) >= 11 is 6.12. The van der Waals surface area contributed by atoms with Crippen molar-refractivity contribution in [3.05, 3.63) is 16.9 Å². The average Bonchev–Trinajstić information content (AvgIpc) is 2.69. The molecule has 0 aromatic carbocycles. The average molecular weight is 273 g/mol. The molecule has 18 heavy (non-hydrogen) atoms. The molecule has 0 amide bonds. The summed E-state index contributed by atoms with van der Waals surface area (Å²) in [4.78, 5) is 2.39. The maximum absolute atomic E-state index is 6.28. The van der Waals surface area contributed by atoms with Crippen LogP contribution in [-0.2, 0) is 11.8 Å². The molecule has 1 fully saturated rings. The topological polar surface area (TPSA) is 56.3 Å². The number of morpholine rings is 1. The van der Waals surface area contributed by atoms with E-state index in [2.05, 4.69) is 16.9 Å². The summed E-state index contributed by atoms with van der Waals surface area (Å²) in [5.74, 6) is 0. The highest BCUT2D eigenvalue weighted by Crippen LogP contribution is 2.25. The number of nitrogens with zero attached hydrogens (tertiary/aromatic N) is 3. The Kier molecular flexibility index (Phi) is 4.61. The van der Waals surface area contributed by atoms with E-state index in [1.807, 2.05) is 7.05 Å². The summed E-state index contributed by atoms with van der Waals surface area (Å²) in [6.07, 6.45) is 2.76. The van der Waals surface area contributed by atoms with Crippen LogP contribution in [0.15, 0.2) is 6.20 Å². The Bertz CT molecular complexity index is 374. The van der Waals surface area contributed by atoms with Crippen molar-refractivity contribution in [3.8, 4) is 0 Å². The Morgan fingerprint density at radius 2 is 2.44 bits per heavy atom. The minimum Gasteiger partial charge on any atom is -0.374 e. The van der Waals surface area contributed by atoms with Gasteiger partial charge >= 0.3 is 0 Å². The zero-order valence-electron chi connectivity index (χ0n) is 11.0. The van der Waals surface area contributed by atoms with Gasteiger partial charge in [0.05, 0.1) is 35.7 Å². The number of hydrogen-bond acceptors (Lipinski definition) is 4. The van der Waals surface area contributed by atoms with Gasteiger partial charge in [0.25, 0.3) is 0 Å². The van der Waals surface area contributed by atoms with E-state index in [9.17, 15) is 0 Å². The number of nitrogens with two attached hydrogens (primary N) is 1. The highest BCUT2D eigenvalue weighted by atomic mass is 35.5. The molecule has 0 aliphatic carbocycles. The van der Waals surface area contributed by atoms with Crippen molar-refractivity contribution < 1.29 is 4.74 Å². The molecule has 2 N–H and O–H groups in total. The molecule has 1 aliphatic rings. The van der Waals surface area contributed by atoms with Crippen molar-refractivity contribution in [2.24, 2.45) is 12.8 Å². The molecule has 1 aromatic rings. The first-order valence-electron chi connectivity index (χ1n) is 6.40. The van der Waals surface area contributed by atoms with Gasteiger partial charge in [0.15, 0.2) is 0 Å². The van der Waals surface area contributed by atoms with Gasteiger partial charge in [-0.15, -0.1) is 0 Å². The van der Waals surface area contributed by atoms with Gasteiger partial charge in [0.2, 0.25) is 0 Å². The number of halogens is 1. The van der Waals surface area contributed by atoms with Crippen molar-refractivity contribution in [1.82, 2.24) is 14.7 Å². The highest BCUT2D eigenvalue weighted by Gasteiger charge is 2.29. The molecule has 5 nitrogen and oxygen atoms in total. The minimum atomic E-state index is -0.232. The standard InChI is InChI=1S/C12H21ClN4O/c1-3-4-17-5-6-18-10(8-17)11(14)12-9(13)7-15-16(12)2/h7,10-11H,3-6,8,14H2,1-2H3. The highest BCUT2D eigenvalue weighted by molar-refractivity contribution is 6.31. The van der Waals surface area contributed by atoms with Crippen LogP contribution < -0.4 is 5.73 Å². The molecule has 0 saturated carbocycles. The molecule has 1 saturated heterocycles. The molecule has 0 radical (unpaired) electrons. The summed E-state index contributed by atoms with van der Waals surface area (Å²) in [7, 11) is 1.85. The van der Waals surface area contributed by atoms with Gasteiger partial charge in [-0.3, -0.25) is 9.58 Å². The van der Waals surface area contributed by atoms with E-state index in [1.54, 1.807) is 10.9 Å². The van der Waals surface area contributed by atoms with Crippen LogP contribution >= 0.6 is 11.6 Å². The van der Waals surface area contributed by atoms with Crippen LogP contribution in [0.3, 0.4) is 0 Å². The zero-order chi connectivity index (χ0) is 13.1. The molecule has 1 aromatic heterocycles. The lowest BCUT2D eigenvalue weighted by Crippen LogP contribution is -2.47. The first-order valence-corrected chi connectivity index (χ1v) is 6.78. The second-order valence-corrected chi connectivity index (χ2v) is 5.14. The molecule has 1 aliphatic heterocycles. The monoisotopic (exact) mass is 272 g/mol. The van der Waals surface area contributed by atoms with Crippen LogP contribution in [0.5, 0.6) is 0 Å². The Hall–Kier alpha value is -0.620. The third-order valence-electron chi connectivity index (χ3n) is 3.37. The van der Waals surface area contributed by atoms with Crippen LogP contribution in [0.25, 0.3) is 0 Å². The Labute approximate surface area is 113 Å². The number of aryl methyl sites for hydroxylation is 1. The fourth-order valence-corrected chi connectivity index (χ4v) is 2.73. The molecule has 2 heterocycles. The smallest absolute Gasteiger partial charge is 0.0910 e. The van der Waals surface area contributed by atoms with Gasteiger partial charge < -0.3 is 10.5 Å². The molecule has 6 heteroatoms. The van der Waals surface area contributed by atoms with E-state index < -0.39 is 0 Å². The minimum absolute atomic E-state index is 0.0156. The third kappa shape index (κ3) is 2.85. The van der Waals surface area contributed by atoms with Gasteiger partial charge in [-0.05, 0) is 13.0 Å². The molecule has 0 spiro atoms. The van der Waals surface area contributed by atoms with Crippen LogP contribution in [0.2, 0.25) is 5.02 Å². The lowest BCUT2D eigenvalue weighted by molar-refractivity contribution is -0.0418. The van der Waals surface area contributed by atoms with E-state index in [4.69, 9.17) is 22.1 Å². The third-order valence-corrected chi connectivity index (χ3v) is 3.66. The summed E-state index contributed by atoms with van der Waals surface area (Å²) in [5.41, 5.74) is 7.12. The largest absolute Gasteiger partial charge is 0.374 e. The second kappa shape index (κ2) is 6.02. The molecular weight excluding hydrogens is 252 g/mol. The van der Waals surface area contributed by atoms with E-state index in [0.717, 1.165) is 38.4 Å². The van der Waals surface area contributed by atoms with E-state index in [-0.39, 0.29) is 12.1 Å². The lowest BCUT2D eigenvalue weighted by atomic mass is 10.1. The van der Waals surface area contributed by atoms with Crippen molar-refractivity contribution in [1.29, 1.82) is 0 Å². The van der Waals surface area contributed by atoms with Gasteiger partial charge in [0, 0.05) is 20.1 Å². The van der Waals surface area contributed by atoms with E-state index in [0.29, 0.717) is 5.02 Å². The Morgan fingerprint density at radius 1 is 1.67 bits per heavy atom. The van der Waals surface area contributed by atoms with Crippen LogP contribution in [0, 0.1) is 0 Å². The van der Waals surface area contributed by atoms with Crippen LogP contribution in [0.4, 0.5) is 0 Å². The predicted molar refractivity (Wildman–Crippen MR) is 71.6 cm³/mol. The maximum atomic E-state index is 6.28. The second-order valence-electron chi connectivity index (χ2n) is 4.74. The molecule has 0 bridgehead atoms. The molecule has 2 atom stereocenters. The van der Waals surface area contributed by atoms with Gasteiger partial charge in [-0.1, -0.05) is 18.5 Å². The fraction of sp³-hybridized carbons (Fsp3) is 0.750. The van der Waals surface area contributed by atoms with E-state index in [1.165, 1.54) is 0 Å². The first-order chi connectivity index (χ1) is 8.63. The maximum Gasteiger partial charge on any atom is 0.0910 e. The number of aromatic nitrogens is 2. The summed E-state index contributed by atoms with van der Waals surface area (Å²) in [5, 5.41) is 4.74. The first kappa shape index (κ1) is 13.8. The number of rotatable bonds is 4. The molecular formula is C12H21ClN4O. The quantitative estimate of drug-likeness (QED) is 0.894. The van der Waals surface area contributed by atoms with Crippen molar-refractivity contribution in [2.75, 3.05) is 26.2 Å². The number of ether oxygens (including phenoxy) is 1. The molecule has 2 rings (SSSR count). The normalized spacial score (nSPS) is 23.2. The predicted octanol–water partition coefficient (Wildman–Crippen LogP) is 1.18. The summed E-state index contributed by atoms with van der Waals surface area (Å²) in [6.45, 7) is 5.84. The molecule has 2 unspecified atom stereocenters. The number of hydrogen-bond donors (Lipinski definition) is 1. The van der Waals surface area contributed by atoms with Crippen molar-refractivity contribution in [2.45, 2.75) is 25.5 Å². The summed E-state index contributed by atoms with van der Waals surface area (Å²) in [6, 6.07) is -0.232. The van der Waals surface area contributed by atoms with Crippen LogP contribution in [-0.4, -0.2) is 47.0 Å². The van der Waals surface area contributed by atoms with Crippen LogP contribution in [0.1, 0.15) is 25.1 Å². The van der Waals surface area contributed by atoms with Crippen molar-refractivity contribution in [3.63, 3.8) is 0 Å². The Balaban J connectivity index is 2.06. The van der Waals surface area contributed by atoms with Crippen molar-refractivity contribution >= 4 is 11.6 Å². The Morgan fingerprint density at radius 3 is 3.06 bits per heavy atom. The molecule has 102 valence electrons. The van der Waals surface area contributed by atoms with Gasteiger partial charge in [-0.25, -0.2) is 0 Å². The van der Waals surface area contributed by atoms with Gasteiger partial charge in [-0.2, -0.15) is 5.10 Å². The lowest BCUT2D eigenvalue weighted by Gasteiger charge is -2.35. The SMILES string of the molecule is CCCN1CCOC(C(N)c2c(Cl)cnn2C)C1. The summed E-state index contributed by atoms with van der Waals surface area (Å²) < 4.78 is 7.51.